The summed E-state index contributed by atoms with van der Waals surface area (Å²) in [4.78, 5) is 2.49. The van der Waals surface area contributed by atoms with Crippen LogP contribution in [0, 0.1) is 0 Å². The van der Waals surface area contributed by atoms with Crippen LogP contribution < -0.4 is 5.32 Å². The zero-order chi connectivity index (χ0) is 13.2. The van der Waals surface area contributed by atoms with Crippen molar-refractivity contribution < 1.29 is 0 Å². The molecule has 0 bridgehead atoms. The first kappa shape index (κ1) is 14.9. The molecule has 0 saturated carbocycles. The lowest BCUT2D eigenvalue weighted by molar-refractivity contribution is 0.214. The zero-order valence-corrected chi connectivity index (χ0v) is 11.7. The molecule has 1 aromatic carbocycles. The highest BCUT2D eigenvalue weighted by Crippen LogP contribution is 2.20. The van der Waals surface area contributed by atoms with Crippen LogP contribution >= 0.6 is 0 Å². The van der Waals surface area contributed by atoms with Crippen LogP contribution in [-0.4, -0.2) is 31.1 Å². The van der Waals surface area contributed by atoms with Crippen molar-refractivity contribution in [2.75, 3.05) is 26.2 Å². The first-order chi connectivity index (χ1) is 8.83. The first-order valence-corrected chi connectivity index (χ1v) is 6.94. The molecule has 2 nitrogen and oxygen atoms in total. The Morgan fingerprint density at radius 2 is 2.00 bits per heavy atom. The van der Waals surface area contributed by atoms with Crippen LogP contribution in [0.2, 0.25) is 0 Å². The van der Waals surface area contributed by atoms with Crippen molar-refractivity contribution in [1.29, 1.82) is 0 Å². The Labute approximate surface area is 112 Å². The van der Waals surface area contributed by atoms with Gasteiger partial charge in [-0.05, 0) is 25.1 Å². The summed E-state index contributed by atoms with van der Waals surface area (Å²) < 4.78 is 0. The second-order valence-corrected chi connectivity index (χ2v) is 4.52. The minimum atomic E-state index is 0.434. The monoisotopic (exact) mass is 246 g/mol. The van der Waals surface area contributed by atoms with Gasteiger partial charge in [0.2, 0.25) is 0 Å². The van der Waals surface area contributed by atoms with Crippen molar-refractivity contribution in [3.8, 4) is 0 Å². The van der Waals surface area contributed by atoms with Gasteiger partial charge in [0.25, 0.3) is 0 Å². The van der Waals surface area contributed by atoms with Gasteiger partial charge in [-0.2, -0.15) is 0 Å². The Hall–Kier alpha value is -1.12. The molecule has 0 aliphatic heterocycles. The van der Waals surface area contributed by atoms with Gasteiger partial charge in [0.15, 0.2) is 0 Å². The molecule has 0 radical (unpaired) electrons. The summed E-state index contributed by atoms with van der Waals surface area (Å²) in [6.07, 6.45) is 3.17. The normalized spacial score (nSPS) is 12.6. The topological polar surface area (TPSA) is 15.3 Å². The van der Waals surface area contributed by atoms with Crippen molar-refractivity contribution in [2.45, 2.75) is 26.3 Å². The fourth-order valence-corrected chi connectivity index (χ4v) is 2.24. The largest absolute Gasteiger partial charge is 0.315 e. The van der Waals surface area contributed by atoms with Gasteiger partial charge in [0, 0.05) is 19.1 Å². The summed E-state index contributed by atoms with van der Waals surface area (Å²) in [5.41, 5.74) is 1.38. The van der Waals surface area contributed by atoms with Crippen molar-refractivity contribution in [2.24, 2.45) is 0 Å². The van der Waals surface area contributed by atoms with E-state index in [4.69, 9.17) is 0 Å². The van der Waals surface area contributed by atoms with Gasteiger partial charge in [-0.1, -0.05) is 50.3 Å². The van der Waals surface area contributed by atoms with E-state index in [9.17, 15) is 0 Å². The Morgan fingerprint density at radius 1 is 1.28 bits per heavy atom. The molecule has 0 heterocycles. The zero-order valence-electron chi connectivity index (χ0n) is 11.7. The molecule has 0 aliphatic carbocycles. The molecular weight excluding hydrogens is 220 g/mol. The summed E-state index contributed by atoms with van der Waals surface area (Å²) in [5, 5.41) is 3.47. The molecule has 0 amide bonds. The molecule has 100 valence electrons. The van der Waals surface area contributed by atoms with E-state index < -0.39 is 0 Å². The van der Waals surface area contributed by atoms with E-state index in [0.29, 0.717) is 6.04 Å². The molecule has 0 spiro atoms. The average Bonchev–Trinajstić information content (AvgIpc) is 2.41. The van der Waals surface area contributed by atoms with Gasteiger partial charge < -0.3 is 5.32 Å². The molecule has 0 fully saturated rings. The SMILES string of the molecule is C=CCN(CCC)C(CNCC)c1ccccc1. The smallest absolute Gasteiger partial charge is 0.0475 e. The number of likely N-dealkylation sites (N-methyl/N-ethyl adjacent to an activating group) is 1. The fraction of sp³-hybridized carbons (Fsp3) is 0.500. The molecule has 1 unspecified atom stereocenters. The van der Waals surface area contributed by atoms with Gasteiger partial charge in [0.1, 0.15) is 0 Å². The first-order valence-electron chi connectivity index (χ1n) is 6.94. The van der Waals surface area contributed by atoms with Gasteiger partial charge >= 0.3 is 0 Å². The molecule has 1 N–H and O–H groups in total. The van der Waals surface area contributed by atoms with E-state index in [1.54, 1.807) is 0 Å². The molecular formula is C16H26N2. The van der Waals surface area contributed by atoms with Gasteiger partial charge in [-0.15, -0.1) is 6.58 Å². The predicted molar refractivity (Wildman–Crippen MR) is 79.8 cm³/mol. The van der Waals surface area contributed by atoms with E-state index in [1.807, 2.05) is 6.08 Å². The number of benzene rings is 1. The predicted octanol–water partition coefficient (Wildman–Crippen LogP) is 3.24. The highest BCUT2D eigenvalue weighted by molar-refractivity contribution is 5.19. The lowest BCUT2D eigenvalue weighted by Crippen LogP contribution is -2.36. The van der Waals surface area contributed by atoms with Crippen molar-refractivity contribution >= 4 is 0 Å². The second kappa shape index (κ2) is 8.90. The Balaban J connectivity index is 2.83. The van der Waals surface area contributed by atoms with Crippen LogP contribution in [0.25, 0.3) is 0 Å². The Kier molecular flexibility index (Phi) is 7.38. The molecule has 0 saturated heterocycles. The summed E-state index contributed by atoms with van der Waals surface area (Å²) in [7, 11) is 0. The lowest BCUT2D eigenvalue weighted by Gasteiger charge is -2.31. The second-order valence-electron chi connectivity index (χ2n) is 4.52. The van der Waals surface area contributed by atoms with E-state index in [2.05, 4.69) is 61.0 Å². The van der Waals surface area contributed by atoms with E-state index >= 15 is 0 Å². The average molecular weight is 246 g/mol. The Bertz CT molecular complexity index is 321. The third-order valence-corrected chi connectivity index (χ3v) is 3.09. The third kappa shape index (κ3) is 4.63. The molecule has 0 aromatic heterocycles. The van der Waals surface area contributed by atoms with Crippen molar-refractivity contribution in [3.05, 3.63) is 48.6 Å². The van der Waals surface area contributed by atoms with Crippen LogP contribution in [0.5, 0.6) is 0 Å². The number of nitrogens with one attached hydrogen (secondary N) is 1. The van der Waals surface area contributed by atoms with Gasteiger partial charge in [0.05, 0.1) is 0 Å². The molecule has 2 heteroatoms. The highest BCUT2D eigenvalue weighted by Gasteiger charge is 2.17. The van der Waals surface area contributed by atoms with E-state index in [0.717, 1.165) is 26.2 Å². The third-order valence-electron chi connectivity index (χ3n) is 3.09. The van der Waals surface area contributed by atoms with Crippen LogP contribution in [0.4, 0.5) is 0 Å². The molecule has 18 heavy (non-hydrogen) atoms. The van der Waals surface area contributed by atoms with Crippen molar-refractivity contribution in [1.82, 2.24) is 10.2 Å². The van der Waals surface area contributed by atoms with Gasteiger partial charge in [-0.3, -0.25) is 4.90 Å². The fourth-order valence-electron chi connectivity index (χ4n) is 2.24. The molecule has 1 atom stereocenters. The lowest BCUT2D eigenvalue weighted by atomic mass is 10.0. The van der Waals surface area contributed by atoms with E-state index in [-0.39, 0.29) is 0 Å². The minimum Gasteiger partial charge on any atom is -0.315 e. The highest BCUT2D eigenvalue weighted by atomic mass is 15.2. The van der Waals surface area contributed by atoms with Crippen LogP contribution in [0.3, 0.4) is 0 Å². The number of rotatable bonds is 9. The van der Waals surface area contributed by atoms with Gasteiger partial charge in [-0.25, -0.2) is 0 Å². The minimum absolute atomic E-state index is 0.434. The van der Waals surface area contributed by atoms with Crippen LogP contribution in [0.15, 0.2) is 43.0 Å². The maximum Gasteiger partial charge on any atom is 0.0475 e. The molecule has 1 rings (SSSR count). The Morgan fingerprint density at radius 3 is 2.56 bits per heavy atom. The maximum atomic E-state index is 3.88. The summed E-state index contributed by atoms with van der Waals surface area (Å²) in [6, 6.07) is 11.2. The maximum absolute atomic E-state index is 3.88. The molecule has 0 aliphatic rings. The van der Waals surface area contributed by atoms with Crippen molar-refractivity contribution in [3.63, 3.8) is 0 Å². The van der Waals surface area contributed by atoms with Crippen LogP contribution in [-0.2, 0) is 0 Å². The number of nitrogens with zero attached hydrogens (tertiary/aromatic N) is 1. The number of hydrogen-bond donors (Lipinski definition) is 1. The summed E-state index contributed by atoms with van der Waals surface area (Å²) >= 11 is 0. The number of hydrogen-bond acceptors (Lipinski definition) is 2. The van der Waals surface area contributed by atoms with E-state index in [1.165, 1.54) is 12.0 Å². The quantitative estimate of drug-likeness (QED) is 0.673. The standard InChI is InChI=1S/C16H26N2/c1-4-12-18(13-5-2)16(14-17-6-3)15-10-8-7-9-11-15/h4,7-11,16-17H,1,5-6,12-14H2,2-3H3. The summed E-state index contributed by atoms with van der Waals surface area (Å²) in [6.45, 7) is 12.3. The summed E-state index contributed by atoms with van der Waals surface area (Å²) in [5.74, 6) is 0. The molecule has 1 aromatic rings. The van der Waals surface area contributed by atoms with Crippen LogP contribution in [0.1, 0.15) is 31.9 Å².